The highest BCUT2D eigenvalue weighted by Gasteiger charge is 2.21. The molecule has 1 saturated heterocycles. The van der Waals surface area contributed by atoms with Gasteiger partial charge < -0.3 is 10.0 Å². The molecule has 5 heteroatoms. The number of piperazine rings is 1. The maximum Gasteiger partial charge on any atom is 0.307 e. The molecule has 19 heavy (non-hydrogen) atoms. The summed E-state index contributed by atoms with van der Waals surface area (Å²) >= 11 is 0. The molecule has 0 unspecified atom stereocenters. The molecule has 0 aromatic heterocycles. The maximum atomic E-state index is 11.6. The lowest BCUT2D eigenvalue weighted by molar-refractivity contribution is -0.136. The molecule has 1 amide bonds. The highest BCUT2D eigenvalue weighted by atomic mass is 16.4. The lowest BCUT2D eigenvalue weighted by atomic mass is 10.0. The Balaban J connectivity index is 2.06. The van der Waals surface area contributed by atoms with Gasteiger partial charge in [0.25, 0.3) is 0 Å². The van der Waals surface area contributed by atoms with Crippen LogP contribution in [0.3, 0.4) is 0 Å². The Morgan fingerprint density at radius 3 is 2.58 bits per heavy atom. The van der Waals surface area contributed by atoms with Crippen molar-refractivity contribution < 1.29 is 14.7 Å². The van der Waals surface area contributed by atoms with E-state index in [9.17, 15) is 9.59 Å². The molecule has 2 rings (SSSR count). The Kier molecular flexibility index (Phi) is 4.16. The van der Waals surface area contributed by atoms with Crippen molar-refractivity contribution in [3.63, 3.8) is 0 Å². The number of amides is 1. The molecule has 1 aliphatic heterocycles. The van der Waals surface area contributed by atoms with Crippen molar-refractivity contribution in [2.75, 3.05) is 26.7 Å². The van der Waals surface area contributed by atoms with Crippen LogP contribution in [0.2, 0.25) is 0 Å². The zero-order valence-corrected chi connectivity index (χ0v) is 11.0. The molecule has 0 radical (unpaired) electrons. The Morgan fingerprint density at radius 2 is 1.95 bits per heavy atom. The van der Waals surface area contributed by atoms with Crippen LogP contribution >= 0.6 is 0 Å². The third kappa shape index (κ3) is 3.54. The average molecular weight is 262 g/mol. The Morgan fingerprint density at radius 1 is 1.26 bits per heavy atom. The topological polar surface area (TPSA) is 60.9 Å². The van der Waals surface area contributed by atoms with Crippen LogP contribution in [0.15, 0.2) is 24.3 Å². The SMILES string of the molecule is CN1CCN(Cc2ccccc2CC(=O)O)CC1=O. The van der Waals surface area contributed by atoms with Gasteiger partial charge in [-0.3, -0.25) is 14.5 Å². The molecule has 5 nitrogen and oxygen atoms in total. The molecule has 1 aliphatic rings. The standard InChI is InChI=1S/C14H18N2O3/c1-15-6-7-16(10-13(15)17)9-12-5-3-2-4-11(12)8-14(18)19/h2-5H,6-10H2,1H3,(H,18,19). The van der Waals surface area contributed by atoms with E-state index in [2.05, 4.69) is 4.90 Å². The zero-order valence-electron chi connectivity index (χ0n) is 11.0. The lowest BCUT2D eigenvalue weighted by Crippen LogP contribution is -2.48. The third-order valence-corrected chi connectivity index (χ3v) is 3.39. The summed E-state index contributed by atoms with van der Waals surface area (Å²) in [5.74, 6) is -0.719. The summed E-state index contributed by atoms with van der Waals surface area (Å²) < 4.78 is 0. The number of carboxylic acid groups (broad SMARTS) is 1. The normalized spacial score (nSPS) is 16.7. The molecule has 1 N–H and O–H groups in total. The smallest absolute Gasteiger partial charge is 0.307 e. The fourth-order valence-corrected chi connectivity index (χ4v) is 2.23. The number of hydrogen-bond acceptors (Lipinski definition) is 3. The van der Waals surface area contributed by atoms with E-state index in [0.29, 0.717) is 13.1 Å². The fourth-order valence-electron chi connectivity index (χ4n) is 2.23. The summed E-state index contributed by atoms with van der Waals surface area (Å²) in [7, 11) is 1.80. The van der Waals surface area contributed by atoms with Crippen molar-refractivity contribution in [1.29, 1.82) is 0 Å². The summed E-state index contributed by atoms with van der Waals surface area (Å²) in [6, 6.07) is 7.51. The molecule has 1 aromatic rings. The number of nitrogens with zero attached hydrogens (tertiary/aromatic N) is 2. The van der Waals surface area contributed by atoms with Crippen LogP contribution in [0.1, 0.15) is 11.1 Å². The first kappa shape index (κ1) is 13.5. The molecule has 102 valence electrons. The number of aliphatic carboxylic acids is 1. The molecular weight excluding hydrogens is 244 g/mol. The number of rotatable bonds is 4. The van der Waals surface area contributed by atoms with Crippen LogP contribution in [0, 0.1) is 0 Å². The van der Waals surface area contributed by atoms with E-state index in [1.54, 1.807) is 11.9 Å². The van der Waals surface area contributed by atoms with Crippen molar-refractivity contribution in [3.05, 3.63) is 35.4 Å². The minimum atomic E-state index is -0.832. The molecular formula is C14H18N2O3. The summed E-state index contributed by atoms with van der Waals surface area (Å²) in [6.07, 6.45) is 0.0257. The first-order valence-corrected chi connectivity index (χ1v) is 6.31. The summed E-state index contributed by atoms with van der Waals surface area (Å²) in [5.41, 5.74) is 1.81. The van der Waals surface area contributed by atoms with Crippen LogP contribution in [0.5, 0.6) is 0 Å². The summed E-state index contributed by atoms with van der Waals surface area (Å²) in [4.78, 5) is 26.3. The molecule has 0 atom stereocenters. The Labute approximate surface area is 112 Å². The number of carbonyl (C=O) groups is 2. The average Bonchev–Trinajstić information content (AvgIpc) is 2.36. The number of carbonyl (C=O) groups excluding carboxylic acids is 1. The number of benzene rings is 1. The van der Waals surface area contributed by atoms with Gasteiger partial charge in [0.05, 0.1) is 13.0 Å². The minimum Gasteiger partial charge on any atom is -0.481 e. The van der Waals surface area contributed by atoms with Crippen molar-refractivity contribution in [1.82, 2.24) is 9.80 Å². The summed E-state index contributed by atoms with van der Waals surface area (Å²) in [5, 5.41) is 8.90. The first-order chi connectivity index (χ1) is 9.06. The first-order valence-electron chi connectivity index (χ1n) is 6.31. The maximum absolute atomic E-state index is 11.6. The van der Waals surface area contributed by atoms with Crippen LogP contribution in [-0.4, -0.2) is 53.5 Å². The van der Waals surface area contributed by atoms with E-state index >= 15 is 0 Å². The van der Waals surface area contributed by atoms with Crippen LogP contribution in [0.4, 0.5) is 0 Å². The van der Waals surface area contributed by atoms with Gasteiger partial charge in [-0.05, 0) is 11.1 Å². The number of hydrogen-bond donors (Lipinski definition) is 1. The second-order valence-electron chi connectivity index (χ2n) is 4.87. The Hall–Kier alpha value is -1.88. The molecule has 1 heterocycles. The zero-order chi connectivity index (χ0) is 13.8. The van der Waals surface area contributed by atoms with E-state index in [1.165, 1.54) is 0 Å². The quantitative estimate of drug-likeness (QED) is 0.862. The van der Waals surface area contributed by atoms with Crippen molar-refractivity contribution in [2.45, 2.75) is 13.0 Å². The van der Waals surface area contributed by atoms with Crippen molar-refractivity contribution in [2.24, 2.45) is 0 Å². The molecule has 1 fully saturated rings. The van der Waals surface area contributed by atoms with Gasteiger partial charge in [0.15, 0.2) is 0 Å². The monoisotopic (exact) mass is 262 g/mol. The predicted molar refractivity (Wildman–Crippen MR) is 70.7 cm³/mol. The fraction of sp³-hybridized carbons (Fsp3) is 0.429. The van der Waals surface area contributed by atoms with Gasteiger partial charge in [0.1, 0.15) is 0 Å². The van der Waals surface area contributed by atoms with Crippen LogP contribution < -0.4 is 0 Å². The van der Waals surface area contributed by atoms with Crippen LogP contribution in [0.25, 0.3) is 0 Å². The van der Waals surface area contributed by atoms with Gasteiger partial charge in [0, 0.05) is 26.7 Å². The highest BCUT2D eigenvalue weighted by Crippen LogP contribution is 2.14. The van der Waals surface area contributed by atoms with Gasteiger partial charge in [-0.15, -0.1) is 0 Å². The second-order valence-corrected chi connectivity index (χ2v) is 4.87. The molecule has 0 spiro atoms. The summed E-state index contributed by atoms with van der Waals surface area (Å²) in [6.45, 7) is 2.57. The predicted octanol–water partition coefficient (Wildman–Crippen LogP) is 0.588. The number of likely N-dealkylation sites (N-methyl/N-ethyl adjacent to an activating group) is 1. The van der Waals surface area contributed by atoms with E-state index in [-0.39, 0.29) is 12.3 Å². The van der Waals surface area contributed by atoms with E-state index in [0.717, 1.165) is 24.2 Å². The second kappa shape index (κ2) is 5.84. The molecule has 0 saturated carbocycles. The van der Waals surface area contributed by atoms with Gasteiger partial charge in [0.2, 0.25) is 5.91 Å². The molecule has 0 bridgehead atoms. The lowest BCUT2D eigenvalue weighted by Gasteiger charge is -2.32. The van der Waals surface area contributed by atoms with Gasteiger partial charge >= 0.3 is 5.97 Å². The Bertz CT molecular complexity index is 487. The van der Waals surface area contributed by atoms with Crippen molar-refractivity contribution >= 4 is 11.9 Å². The van der Waals surface area contributed by atoms with E-state index in [4.69, 9.17) is 5.11 Å². The number of carboxylic acids is 1. The van der Waals surface area contributed by atoms with Crippen LogP contribution in [-0.2, 0) is 22.6 Å². The van der Waals surface area contributed by atoms with E-state index < -0.39 is 5.97 Å². The van der Waals surface area contributed by atoms with Gasteiger partial charge in [-0.2, -0.15) is 0 Å². The van der Waals surface area contributed by atoms with Crippen molar-refractivity contribution in [3.8, 4) is 0 Å². The minimum absolute atomic E-state index is 0.0257. The molecule has 0 aliphatic carbocycles. The largest absolute Gasteiger partial charge is 0.481 e. The van der Waals surface area contributed by atoms with Gasteiger partial charge in [-0.25, -0.2) is 0 Å². The third-order valence-electron chi connectivity index (χ3n) is 3.39. The highest BCUT2D eigenvalue weighted by molar-refractivity contribution is 5.78. The van der Waals surface area contributed by atoms with Gasteiger partial charge in [-0.1, -0.05) is 24.3 Å². The molecule has 1 aromatic carbocycles. The van der Waals surface area contributed by atoms with E-state index in [1.807, 2.05) is 24.3 Å².